The molecule has 3 heterocycles. The summed E-state index contributed by atoms with van der Waals surface area (Å²) in [5.41, 5.74) is 9.06. The van der Waals surface area contributed by atoms with E-state index in [9.17, 15) is 0 Å². The standard InChI is InChI=1S/C17H22N4/c18-15-6-3-5-14-16(7-8-19-17(14)15)21-11-10-20-9-2-1-4-13(20)12-21/h3,5-8,13H,1-2,4,9-12,18H2. The summed E-state index contributed by atoms with van der Waals surface area (Å²) in [6.07, 6.45) is 5.97. The van der Waals surface area contributed by atoms with Crippen LogP contribution in [-0.4, -0.2) is 42.1 Å². The second-order valence-electron chi connectivity index (χ2n) is 6.21. The molecule has 2 aliphatic rings. The van der Waals surface area contributed by atoms with E-state index in [0.717, 1.165) is 30.3 Å². The van der Waals surface area contributed by atoms with Crippen LogP contribution >= 0.6 is 0 Å². The molecule has 2 aliphatic heterocycles. The van der Waals surface area contributed by atoms with Crippen LogP contribution in [0.3, 0.4) is 0 Å². The summed E-state index contributed by atoms with van der Waals surface area (Å²) < 4.78 is 0. The van der Waals surface area contributed by atoms with Crippen LogP contribution in [0.5, 0.6) is 0 Å². The van der Waals surface area contributed by atoms with Crippen LogP contribution in [0.4, 0.5) is 11.4 Å². The largest absolute Gasteiger partial charge is 0.397 e. The first kappa shape index (κ1) is 12.9. The first-order valence-electron chi connectivity index (χ1n) is 7.95. The Morgan fingerprint density at radius 3 is 3.00 bits per heavy atom. The molecule has 2 saturated heterocycles. The van der Waals surface area contributed by atoms with Crippen molar-refractivity contribution >= 4 is 22.3 Å². The first-order valence-corrected chi connectivity index (χ1v) is 7.95. The fourth-order valence-electron chi connectivity index (χ4n) is 3.83. The molecule has 2 fully saturated rings. The predicted octanol–water partition coefficient (Wildman–Crippen LogP) is 2.49. The molecule has 1 aromatic carbocycles. The van der Waals surface area contributed by atoms with E-state index in [1.54, 1.807) is 0 Å². The van der Waals surface area contributed by atoms with E-state index in [1.165, 1.54) is 43.4 Å². The van der Waals surface area contributed by atoms with Crippen LogP contribution in [0.15, 0.2) is 30.5 Å². The normalized spacial score (nSPS) is 23.2. The quantitative estimate of drug-likeness (QED) is 0.816. The van der Waals surface area contributed by atoms with E-state index >= 15 is 0 Å². The maximum Gasteiger partial charge on any atom is 0.0951 e. The fraction of sp³-hybridized carbons (Fsp3) is 0.471. The highest BCUT2D eigenvalue weighted by molar-refractivity contribution is 5.98. The number of pyridine rings is 1. The SMILES string of the molecule is Nc1cccc2c(N3CCN4CCCCC4C3)ccnc12. The lowest BCUT2D eigenvalue weighted by Crippen LogP contribution is -2.54. The van der Waals surface area contributed by atoms with E-state index in [0.29, 0.717) is 0 Å². The highest BCUT2D eigenvalue weighted by Gasteiger charge is 2.29. The smallest absolute Gasteiger partial charge is 0.0951 e. The summed E-state index contributed by atoms with van der Waals surface area (Å²) >= 11 is 0. The molecule has 21 heavy (non-hydrogen) atoms. The topological polar surface area (TPSA) is 45.4 Å². The average Bonchev–Trinajstić information content (AvgIpc) is 2.54. The van der Waals surface area contributed by atoms with Gasteiger partial charge in [0.15, 0.2) is 0 Å². The van der Waals surface area contributed by atoms with Gasteiger partial charge in [0, 0.05) is 42.9 Å². The van der Waals surface area contributed by atoms with Gasteiger partial charge in [-0.1, -0.05) is 18.6 Å². The Bertz CT molecular complexity index is 654. The zero-order valence-electron chi connectivity index (χ0n) is 12.3. The van der Waals surface area contributed by atoms with Crippen molar-refractivity contribution in [3.05, 3.63) is 30.5 Å². The molecule has 1 atom stereocenters. The van der Waals surface area contributed by atoms with Gasteiger partial charge in [-0.25, -0.2) is 0 Å². The van der Waals surface area contributed by atoms with Crippen molar-refractivity contribution in [2.75, 3.05) is 36.8 Å². The number of rotatable bonds is 1. The molecule has 4 nitrogen and oxygen atoms in total. The van der Waals surface area contributed by atoms with Crippen molar-refractivity contribution in [1.29, 1.82) is 0 Å². The van der Waals surface area contributed by atoms with Crippen LogP contribution in [0, 0.1) is 0 Å². The highest BCUT2D eigenvalue weighted by atomic mass is 15.3. The molecule has 0 spiro atoms. The minimum Gasteiger partial charge on any atom is -0.397 e. The molecule has 0 radical (unpaired) electrons. The second kappa shape index (κ2) is 5.19. The van der Waals surface area contributed by atoms with Gasteiger partial charge in [-0.3, -0.25) is 9.88 Å². The zero-order valence-corrected chi connectivity index (χ0v) is 12.3. The van der Waals surface area contributed by atoms with Crippen LogP contribution in [0.25, 0.3) is 10.9 Å². The summed E-state index contributed by atoms with van der Waals surface area (Å²) in [6, 6.07) is 8.95. The number of hydrogen-bond acceptors (Lipinski definition) is 4. The third-order valence-corrected chi connectivity index (χ3v) is 4.96. The number of nitrogens with two attached hydrogens (primary N) is 1. The summed E-state index contributed by atoms with van der Waals surface area (Å²) in [6.45, 7) is 4.69. The molecule has 2 N–H and O–H groups in total. The van der Waals surface area contributed by atoms with Gasteiger partial charge in [-0.15, -0.1) is 0 Å². The van der Waals surface area contributed by atoms with Crippen molar-refractivity contribution in [3.63, 3.8) is 0 Å². The Balaban J connectivity index is 1.69. The minimum absolute atomic E-state index is 0.719. The number of nitrogens with zero attached hydrogens (tertiary/aromatic N) is 3. The molecule has 0 aliphatic carbocycles. The fourth-order valence-corrected chi connectivity index (χ4v) is 3.83. The molecule has 1 unspecified atom stereocenters. The number of piperidine rings is 1. The van der Waals surface area contributed by atoms with Crippen LogP contribution in [0.2, 0.25) is 0 Å². The lowest BCUT2D eigenvalue weighted by atomic mass is 9.99. The number of nitrogen functional groups attached to an aromatic ring is 1. The van der Waals surface area contributed by atoms with Gasteiger partial charge in [0.05, 0.1) is 11.2 Å². The lowest BCUT2D eigenvalue weighted by molar-refractivity contribution is 0.133. The van der Waals surface area contributed by atoms with E-state index in [4.69, 9.17) is 5.73 Å². The summed E-state index contributed by atoms with van der Waals surface area (Å²) in [5, 5.41) is 1.18. The summed E-state index contributed by atoms with van der Waals surface area (Å²) in [5.74, 6) is 0. The van der Waals surface area contributed by atoms with Crippen LogP contribution < -0.4 is 10.6 Å². The van der Waals surface area contributed by atoms with E-state index < -0.39 is 0 Å². The number of piperazine rings is 1. The molecule has 1 aromatic heterocycles. The second-order valence-corrected chi connectivity index (χ2v) is 6.21. The molecule has 4 rings (SSSR count). The maximum absolute atomic E-state index is 6.07. The van der Waals surface area contributed by atoms with E-state index in [-0.39, 0.29) is 0 Å². The van der Waals surface area contributed by atoms with Crippen molar-refractivity contribution in [2.24, 2.45) is 0 Å². The Labute approximate surface area is 125 Å². The Morgan fingerprint density at radius 1 is 1.10 bits per heavy atom. The molecule has 0 bridgehead atoms. The van der Waals surface area contributed by atoms with Crippen LogP contribution in [-0.2, 0) is 0 Å². The summed E-state index contributed by atoms with van der Waals surface area (Å²) in [4.78, 5) is 9.64. The number of hydrogen-bond donors (Lipinski definition) is 1. The lowest BCUT2D eigenvalue weighted by Gasteiger charge is -2.45. The molecule has 0 amide bonds. The van der Waals surface area contributed by atoms with Gasteiger partial charge in [0.2, 0.25) is 0 Å². The van der Waals surface area contributed by atoms with Gasteiger partial charge in [-0.2, -0.15) is 0 Å². The third-order valence-electron chi connectivity index (χ3n) is 4.96. The van der Waals surface area contributed by atoms with Crippen molar-refractivity contribution in [2.45, 2.75) is 25.3 Å². The van der Waals surface area contributed by atoms with Gasteiger partial charge < -0.3 is 10.6 Å². The monoisotopic (exact) mass is 282 g/mol. The van der Waals surface area contributed by atoms with Gasteiger partial charge in [0.25, 0.3) is 0 Å². The maximum atomic E-state index is 6.07. The molecule has 4 heteroatoms. The number of benzene rings is 1. The molecule has 110 valence electrons. The molecule has 2 aromatic rings. The molecular weight excluding hydrogens is 260 g/mol. The Kier molecular flexibility index (Phi) is 3.19. The van der Waals surface area contributed by atoms with E-state index in [2.05, 4.69) is 26.9 Å². The minimum atomic E-state index is 0.719. The van der Waals surface area contributed by atoms with Gasteiger partial charge >= 0.3 is 0 Å². The van der Waals surface area contributed by atoms with Crippen molar-refractivity contribution in [1.82, 2.24) is 9.88 Å². The van der Waals surface area contributed by atoms with E-state index in [1.807, 2.05) is 18.3 Å². The zero-order chi connectivity index (χ0) is 14.2. The van der Waals surface area contributed by atoms with Gasteiger partial charge in [-0.05, 0) is 31.5 Å². The Hall–Kier alpha value is -1.81. The molecule has 0 saturated carbocycles. The first-order chi connectivity index (χ1) is 10.3. The van der Waals surface area contributed by atoms with Crippen molar-refractivity contribution < 1.29 is 0 Å². The molecular formula is C17H22N4. The highest BCUT2D eigenvalue weighted by Crippen LogP contribution is 2.31. The number of anilines is 2. The third kappa shape index (κ3) is 2.23. The van der Waals surface area contributed by atoms with Crippen molar-refractivity contribution in [3.8, 4) is 0 Å². The average molecular weight is 282 g/mol. The number of fused-ring (bicyclic) bond motifs is 2. The number of para-hydroxylation sites is 1. The predicted molar refractivity (Wildman–Crippen MR) is 87.6 cm³/mol. The number of aromatic nitrogens is 1. The van der Waals surface area contributed by atoms with Crippen LogP contribution in [0.1, 0.15) is 19.3 Å². The Morgan fingerprint density at radius 2 is 2.05 bits per heavy atom. The summed E-state index contributed by atoms with van der Waals surface area (Å²) in [7, 11) is 0. The van der Waals surface area contributed by atoms with Gasteiger partial charge in [0.1, 0.15) is 0 Å².